The Morgan fingerprint density at radius 1 is 1.00 bits per heavy atom. The summed E-state index contributed by atoms with van der Waals surface area (Å²) in [6.07, 6.45) is 3.63. The van der Waals surface area contributed by atoms with E-state index in [2.05, 4.69) is 0 Å². The van der Waals surface area contributed by atoms with Crippen molar-refractivity contribution in [1.82, 2.24) is 9.80 Å². The molecule has 2 heterocycles. The summed E-state index contributed by atoms with van der Waals surface area (Å²) in [6, 6.07) is -0.274. The number of nitrogens with zero attached hydrogens (tertiary/aromatic N) is 2. The van der Waals surface area contributed by atoms with Crippen LogP contribution in [0.25, 0.3) is 0 Å². The first-order valence-electron chi connectivity index (χ1n) is 6.01. The molecule has 2 aliphatic rings. The van der Waals surface area contributed by atoms with E-state index in [1.807, 2.05) is 9.80 Å². The van der Waals surface area contributed by atoms with Gasteiger partial charge < -0.3 is 10.2 Å². The molecule has 92 valence electrons. The molecule has 0 aliphatic carbocycles. The molecule has 0 aromatic heterocycles. The molecule has 5 heteroatoms. The van der Waals surface area contributed by atoms with Crippen molar-refractivity contribution < 1.29 is 15.0 Å². The molecule has 2 saturated heterocycles. The summed E-state index contributed by atoms with van der Waals surface area (Å²) in [4.78, 5) is 15.9. The van der Waals surface area contributed by atoms with Gasteiger partial charge in [0.05, 0.1) is 25.5 Å². The van der Waals surface area contributed by atoms with E-state index in [1.54, 1.807) is 0 Å². The van der Waals surface area contributed by atoms with Gasteiger partial charge in [-0.2, -0.15) is 0 Å². The number of Topliss-reactive ketones (excluding diaryl/α,β-unsaturated/α-hetero) is 1. The van der Waals surface area contributed by atoms with E-state index in [0.29, 0.717) is 0 Å². The number of ketones is 1. The minimum Gasteiger partial charge on any atom is -0.381 e. The molecule has 0 saturated carbocycles. The van der Waals surface area contributed by atoms with Gasteiger partial charge in [-0.1, -0.05) is 0 Å². The SMILES string of the molecule is O=C(C1CCCN1CO)C1CCCN1CO. The summed E-state index contributed by atoms with van der Waals surface area (Å²) in [5, 5.41) is 18.3. The van der Waals surface area contributed by atoms with Gasteiger partial charge in [-0.15, -0.1) is 0 Å². The molecular weight excluding hydrogens is 208 g/mol. The van der Waals surface area contributed by atoms with Crippen molar-refractivity contribution in [2.45, 2.75) is 37.8 Å². The van der Waals surface area contributed by atoms with E-state index >= 15 is 0 Å². The van der Waals surface area contributed by atoms with Crippen LogP contribution in [0.15, 0.2) is 0 Å². The maximum atomic E-state index is 12.3. The highest BCUT2D eigenvalue weighted by atomic mass is 16.3. The third-order valence-electron chi connectivity index (χ3n) is 3.75. The Hall–Kier alpha value is -0.490. The summed E-state index contributed by atoms with van der Waals surface area (Å²) < 4.78 is 0. The third kappa shape index (κ3) is 2.13. The van der Waals surface area contributed by atoms with Gasteiger partial charge in [0.25, 0.3) is 0 Å². The molecule has 2 fully saturated rings. The van der Waals surface area contributed by atoms with Crippen LogP contribution in [-0.4, -0.2) is 64.4 Å². The van der Waals surface area contributed by atoms with Gasteiger partial charge in [0.1, 0.15) is 0 Å². The minimum atomic E-state index is -0.137. The van der Waals surface area contributed by atoms with Crippen LogP contribution >= 0.6 is 0 Å². The first-order chi connectivity index (χ1) is 7.77. The van der Waals surface area contributed by atoms with Crippen LogP contribution in [0.3, 0.4) is 0 Å². The zero-order valence-electron chi connectivity index (χ0n) is 9.51. The molecule has 2 rings (SSSR count). The van der Waals surface area contributed by atoms with E-state index in [9.17, 15) is 4.79 Å². The topological polar surface area (TPSA) is 64.0 Å². The second kappa shape index (κ2) is 5.23. The van der Waals surface area contributed by atoms with Gasteiger partial charge in [0.2, 0.25) is 0 Å². The van der Waals surface area contributed by atoms with Crippen LogP contribution in [0, 0.1) is 0 Å². The van der Waals surface area contributed by atoms with Crippen molar-refractivity contribution in [1.29, 1.82) is 0 Å². The van der Waals surface area contributed by atoms with Crippen molar-refractivity contribution >= 4 is 5.78 Å². The summed E-state index contributed by atoms with van der Waals surface area (Å²) in [7, 11) is 0. The Labute approximate surface area is 95.6 Å². The highest BCUT2D eigenvalue weighted by Crippen LogP contribution is 2.24. The molecular formula is C11H20N2O3. The fraction of sp³-hybridized carbons (Fsp3) is 0.909. The molecule has 0 radical (unpaired) electrons. The van der Waals surface area contributed by atoms with Crippen molar-refractivity contribution in [2.24, 2.45) is 0 Å². The van der Waals surface area contributed by atoms with Crippen LogP contribution in [-0.2, 0) is 4.79 Å². The highest BCUT2D eigenvalue weighted by molar-refractivity contribution is 5.89. The Kier molecular flexibility index (Phi) is 3.91. The Morgan fingerprint density at radius 3 is 1.81 bits per heavy atom. The lowest BCUT2D eigenvalue weighted by Gasteiger charge is -2.27. The van der Waals surface area contributed by atoms with Gasteiger partial charge in [-0.25, -0.2) is 0 Å². The number of hydrogen-bond acceptors (Lipinski definition) is 5. The lowest BCUT2D eigenvalue weighted by Crippen LogP contribution is -2.47. The van der Waals surface area contributed by atoms with E-state index in [1.165, 1.54) is 0 Å². The number of rotatable bonds is 4. The zero-order valence-corrected chi connectivity index (χ0v) is 9.51. The molecule has 0 aromatic carbocycles. The van der Waals surface area contributed by atoms with Crippen LogP contribution in [0.2, 0.25) is 0 Å². The summed E-state index contributed by atoms with van der Waals surface area (Å²) in [6.45, 7) is 1.53. The average Bonchev–Trinajstić information content (AvgIpc) is 2.96. The summed E-state index contributed by atoms with van der Waals surface area (Å²) >= 11 is 0. The average molecular weight is 228 g/mol. The second-order valence-electron chi connectivity index (χ2n) is 4.63. The standard InChI is InChI=1S/C11H20N2O3/c14-7-12-5-1-3-9(12)11(16)10-4-2-6-13(10)8-15/h9-10,14-15H,1-8H2. The number of carbonyl (C=O) groups excluding carboxylic acids is 1. The van der Waals surface area contributed by atoms with Crippen molar-refractivity contribution in [2.75, 3.05) is 26.6 Å². The number of aliphatic hydroxyl groups excluding tert-OH is 2. The minimum absolute atomic E-state index is 0.0394. The van der Waals surface area contributed by atoms with Crippen LogP contribution < -0.4 is 0 Å². The predicted molar refractivity (Wildman–Crippen MR) is 58.6 cm³/mol. The molecule has 2 atom stereocenters. The molecule has 0 bridgehead atoms. The van der Waals surface area contributed by atoms with Crippen molar-refractivity contribution in [3.63, 3.8) is 0 Å². The van der Waals surface area contributed by atoms with Gasteiger partial charge in [0.15, 0.2) is 5.78 Å². The quantitative estimate of drug-likeness (QED) is 0.671. The van der Waals surface area contributed by atoms with E-state index in [-0.39, 0.29) is 31.3 Å². The summed E-state index contributed by atoms with van der Waals surface area (Å²) in [5.74, 6) is 0.179. The molecule has 0 aromatic rings. The first kappa shape index (κ1) is 12.0. The molecule has 2 aliphatic heterocycles. The highest BCUT2D eigenvalue weighted by Gasteiger charge is 2.38. The maximum absolute atomic E-state index is 12.3. The summed E-state index contributed by atoms with van der Waals surface area (Å²) in [5.41, 5.74) is 0. The Morgan fingerprint density at radius 2 is 1.44 bits per heavy atom. The van der Waals surface area contributed by atoms with Crippen molar-refractivity contribution in [3.05, 3.63) is 0 Å². The Bertz CT molecular complexity index is 236. The zero-order chi connectivity index (χ0) is 11.5. The molecule has 5 nitrogen and oxygen atoms in total. The van der Waals surface area contributed by atoms with Gasteiger partial charge in [-0.05, 0) is 25.7 Å². The number of likely N-dealkylation sites (tertiary alicyclic amines) is 2. The van der Waals surface area contributed by atoms with Crippen LogP contribution in [0.1, 0.15) is 25.7 Å². The van der Waals surface area contributed by atoms with Crippen LogP contribution in [0.5, 0.6) is 0 Å². The van der Waals surface area contributed by atoms with Gasteiger partial charge >= 0.3 is 0 Å². The fourth-order valence-corrected chi connectivity index (χ4v) is 2.86. The van der Waals surface area contributed by atoms with E-state index in [4.69, 9.17) is 10.2 Å². The molecule has 0 spiro atoms. The second-order valence-corrected chi connectivity index (χ2v) is 4.63. The first-order valence-corrected chi connectivity index (χ1v) is 6.01. The van der Waals surface area contributed by atoms with Crippen LogP contribution in [0.4, 0.5) is 0 Å². The normalized spacial score (nSPS) is 32.4. The number of aliphatic hydroxyl groups is 2. The predicted octanol–water partition coefficient (Wildman–Crippen LogP) is -0.616. The monoisotopic (exact) mass is 228 g/mol. The van der Waals surface area contributed by atoms with Gasteiger partial charge in [0, 0.05) is 13.1 Å². The molecule has 2 N–H and O–H groups in total. The lowest BCUT2D eigenvalue weighted by atomic mass is 10.0. The lowest BCUT2D eigenvalue weighted by molar-refractivity contribution is -0.130. The van der Waals surface area contributed by atoms with E-state index < -0.39 is 0 Å². The van der Waals surface area contributed by atoms with E-state index in [0.717, 1.165) is 38.8 Å². The number of hydrogen-bond donors (Lipinski definition) is 2. The Balaban J connectivity index is 2.00. The molecule has 2 unspecified atom stereocenters. The molecule has 0 amide bonds. The smallest absolute Gasteiger partial charge is 0.167 e. The maximum Gasteiger partial charge on any atom is 0.167 e. The third-order valence-corrected chi connectivity index (χ3v) is 3.75. The number of carbonyl (C=O) groups is 1. The molecule has 16 heavy (non-hydrogen) atoms. The van der Waals surface area contributed by atoms with Crippen molar-refractivity contribution in [3.8, 4) is 0 Å². The fourth-order valence-electron chi connectivity index (χ4n) is 2.86. The largest absolute Gasteiger partial charge is 0.381 e. The van der Waals surface area contributed by atoms with Gasteiger partial charge in [-0.3, -0.25) is 14.6 Å².